The summed E-state index contributed by atoms with van der Waals surface area (Å²) in [5.41, 5.74) is 2.01. The standard InChI is InChI=1S/C30H45N3O2Si2/c1-29(2,3)25(35-37(10,11)30(4,5)6)26-31-23-20-16-15-19-22(23)27(34)33(26)32-24(28(32)36(7,8)9)21-17-13-12-14-18-21/h12-20,24-25,28H,1-11H3/t24-,25+,28-,32?/m0/s1. The van der Waals surface area contributed by atoms with Gasteiger partial charge in [-0.3, -0.25) is 9.80 Å². The lowest BCUT2D eigenvalue weighted by atomic mass is 9.88. The van der Waals surface area contributed by atoms with E-state index < -0.39 is 16.4 Å². The molecule has 3 atom stereocenters. The molecule has 1 fully saturated rings. The van der Waals surface area contributed by atoms with E-state index in [1.165, 1.54) is 5.56 Å². The Kier molecular flexibility index (Phi) is 6.92. The van der Waals surface area contributed by atoms with Crippen LogP contribution < -0.4 is 10.6 Å². The van der Waals surface area contributed by atoms with Crippen molar-refractivity contribution in [2.24, 2.45) is 5.41 Å². The van der Waals surface area contributed by atoms with Crippen molar-refractivity contribution < 1.29 is 4.43 Å². The Balaban J connectivity index is 1.99. The zero-order chi connectivity index (χ0) is 27.6. The van der Waals surface area contributed by atoms with Crippen LogP contribution in [0.3, 0.4) is 0 Å². The molecule has 1 aliphatic rings. The van der Waals surface area contributed by atoms with Gasteiger partial charge < -0.3 is 4.43 Å². The van der Waals surface area contributed by atoms with Gasteiger partial charge in [-0.1, -0.05) is 104 Å². The monoisotopic (exact) mass is 535 g/mol. The van der Waals surface area contributed by atoms with E-state index in [0.717, 1.165) is 11.3 Å². The lowest BCUT2D eigenvalue weighted by Crippen LogP contribution is -2.47. The van der Waals surface area contributed by atoms with E-state index in [-0.39, 0.29) is 28.2 Å². The molecule has 37 heavy (non-hydrogen) atoms. The van der Waals surface area contributed by atoms with Crippen LogP contribution in [0.15, 0.2) is 59.4 Å². The van der Waals surface area contributed by atoms with E-state index in [4.69, 9.17) is 9.41 Å². The van der Waals surface area contributed by atoms with Crippen molar-refractivity contribution in [3.05, 3.63) is 76.3 Å². The zero-order valence-electron chi connectivity index (χ0n) is 24.6. The third kappa shape index (κ3) is 5.23. The summed E-state index contributed by atoms with van der Waals surface area (Å²) in [7, 11) is -3.86. The highest BCUT2D eigenvalue weighted by molar-refractivity contribution is 6.79. The first-order chi connectivity index (χ1) is 16.9. The summed E-state index contributed by atoms with van der Waals surface area (Å²) in [6, 6.07) is 18.5. The van der Waals surface area contributed by atoms with Gasteiger partial charge in [0.15, 0.2) is 14.1 Å². The van der Waals surface area contributed by atoms with Crippen LogP contribution in [0.25, 0.3) is 10.9 Å². The molecule has 0 unspecified atom stereocenters. The Morgan fingerprint density at radius 1 is 0.865 bits per heavy atom. The maximum atomic E-state index is 14.3. The van der Waals surface area contributed by atoms with Crippen LogP contribution in [0.4, 0.5) is 0 Å². The molecule has 2 aromatic carbocycles. The Morgan fingerprint density at radius 2 is 1.43 bits per heavy atom. The molecule has 5 nitrogen and oxygen atoms in total. The van der Waals surface area contributed by atoms with Gasteiger partial charge in [-0.05, 0) is 41.2 Å². The Bertz CT molecular complexity index is 1330. The summed E-state index contributed by atoms with van der Waals surface area (Å²) >= 11 is 0. The van der Waals surface area contributed by atoms with Crippen LogP contribution in [-0.2, 0) is 4.43 Å². The molecule has 0 amide bonds. The number of benzene rings is 2. The van der Waals surface area contributed by atoms with E-state index in [0.29, 0.717) is 11.1 Å². The highest BCUT2D eigenvalue weighted by atomic mass is 28.4. The summed E-state index contributed by atoms with van der Waals surface area (Å²) < 4.78 is 9.05. The van der Waals surface area contributed by atoms with E-state index in [1.54, 1.807) is 0 Å². The van der Waals surface area contributed by atoms with Crippen LogP contribution in [0.2, 0.25) is 37.8 Å². The molecule has 4 rings (SSSR count). The maximum absolute atomic E-state index is 14.3. The van der Waals surface area contributed by atoms with Crippen molar-refractivity contribution in [1.82, 2.24) is 9.66 Å². The van der Waals surface area contributed by atoms with Gasteiger partial charge in [-0.15, -0.1) is 0 Å². The predicted octanol–water partition coefficient (Wildman–Crippen LogP) is 7.44. The number of fused-ring (bicyclic) bond motifs is 1. The smallest absolute Gasteiger partial charge is 0.280 e. The molecule has 0 radical (unpaired) electrons. The van der Waals surface area contributed by atoms with Crippen molar-refractivity contribution >= 4 is 27.3 Å². The van der Waals surface area contributed by atoms with Crippen LogP contribution in [0.5, 0.6) is 0 Å². The van der Waals surface area contributed by atoms with Crippen LogP contribution in [-0.4, -0.2) is 31.7 Å². The van der Waals surface area contributed by atoms with E-state index >= 15 is 0 Å². The van der Waals surface area contributed by atoms with Gasteiger partial charge in [0.1, 0.15) is 6.10 Å². The number of rotatable bonds is 6. The fourth-order valence-electron chi connectivity index (χ4n) is 4.95. The third-order valence-electron chi connectivity index (χ3n) is 8.06. The van der Waals surface area contributed by atoms with Crippen molar-refractivity contribution in [2.45, 2.75) is 97.1 Å². The van der Waals surface area contributed by atoms with Crippen LogP contribution >= 0.6 is 0 Å². The molecule has 0 N–H and O–H groups in total. The first kappa shape index (κ1) is 27.8. The molecule has 3 aromatic rings. The van der Waals surface area contributed by atoms with E-state index in [1.807, 2.05) is 28.9 Å². The molecule has 2 heterocycles. The highest BCUT2D eigenvalue weighted by Gasteiger charge is 2.58. The van der Waals surface area contributed by atoms with Crippen LogP contribution in [0.1, 0.15) is 65.1 Å². The van der Waals surface area contributed by atoms with Crippen molar-refractivity contribution in [3.63, 3.8) is 0 Å². The number of aromatic nitrogens is 2. The topological polar surface area (TPSA) is 47.1 Å². The third-order valence-corrected chi connectivity index (χ3v) is 14.8. The molecule has 7 heteroatoms. The largest absolute Gasteiger partial charge is 0.406 e. The fraction of sp³-hybridized carbons (Fsp3) is 0.533. The number of para-hydroxylation sites is 1. The average molecular weight is 536 g/mol. The number of hydrogen-bond acceptors (Lipinski definition) is 4. The minimum atomic E-state index is -2.18. The molecule has 1 aliphatic heterocycles. The maximum Gasteiger partial charge on any atom is 0.280 e. The molecule has 200 valence electrons. The van der Waals surface area contributed by atoms with Crippen molar-refractivity contribution in [1.29, 1.82) is 0 Å². The fourth-order valence-corrected chi connectivity index (χ4v) is 8.62. The Labute approximate surface area is 225 Å². The number of nitrogens with zero attached hydrogens (tertiary/aromatic N) is 3. The summed E-state index contributed by atoms with van der Waals surface area (Å²) in [5, 5.41) is 3.00. The normalized spacial score (nSPS) is 19.8. The summed E-state index contributed by atoms with van der Waals surface area (Å²) in [6.45, 7) is 25.1. The van der Waals surface area contributed by atoms with Gasteiger partial charge in [0.25, 0.3) is 5.56 Å². The lowest BCUT2D eigenvalue weighted by molar-refractivity contribution is 0.0613. The molecular formula is C30H45N3O2Si2. The summed E-state index contributed by atoms with van der Waals surface area (Å²) in [4.78, 5) is 19.5. The zero-order valence-corrected chi connectivity index (χ0v) is 26.6. The molecular weight excluding hydrogens is 491 g/mol. The quantitative estimate of drug-likeness (QED) is 0.243. The van der Waals surface area contributed by atoms with Crippen molar-refractivity contribution in [2.75, 3.05) is 5.01 Å². The number of hydrogen-bond donors (Lipinski definition) is 0. The second-order valence-corrected chi connectivity index (χ2v) is 24.4. The van der Waals surface area contributed by atoms with Gasteiger partial charge in [0, 0.05) is 0 Å². The first-order valence-electron chi connectivity index (χ1n) is 13.5. The Morgan fingerprint density at radius 3 is 1.97 bits per heavy atom. The average Bonchev–Trinajstić information content (AvgIpc) is 3.52. The molecule has 1 aromatic heterocycles. The van der Waals surface area contributed by atoms with E-state index in [2.05, 4.69) is 110 Å². The van der Waals surface area contributed by atoms with Crippen molar-refractivity contribution in [3.8, 4) is 0 Å². The lowest BCUT2D eigenvalue weighted by Gasteiger charge is -2.43. The van der Waals surface area contributed by atoms with Crippen LogP contribution in [0, 0.1) is 5.41 Å². The second kappa shape index (κ2) is 9.21. The molecule has 1 saturated heterocycles. The summed E-state index contributed by atoms with van der Waals surface area (Å²) in [5.74, 6) is 0.725. The van der Waals surface area contributed by atoms with Gasteiger partial charge in [0.05, 0.1) is 30.7 Å². The molecule has 0 spiro atoms. The minimum Gasteiger partial charge on any atom is -0.406 e. The van der Waals surface area contributed by atoms with Gasteiger partial charge in [0.2, 0.25) is 0 Å². The highest BCUT2D eigenvalue weighted by Crippen LogP contribution is 2.49. The summed E-state index contributed by atoms with van der Waals surface area (Å²) in [6.07, 6.45) is -0.329. The van der Waals surface area contributed by atoms with Gasteiger partial charge in [-0.2, -0.15) is 0 Å². The first-order valence-corrected chi connectivity index (χ1v) is 20.0. The SMILES string of the molecule is CC(C)(C)[C@H](O[Si](C)(C)C(C)(C)C)c1nc2ccccc2c(=O)n1N1[C@@H](c2ccccc2)[C@@H]1[Si](C)(C)C. The molecule has 0 saturated carbocycles. The van der Waals surface area contributed by atoms with Gasteiger partial charge in [-0.25, -0.2) is 9.66 Å². The van der Waals surface area contributed by atoms with E-state index in [9.17, 15) is 4.79 Å². The molecule has 0 aliphatic carbocycles. The Hall–Kier alpha value is -2.23. The minimum absolute atomic E-state index is 0.00429. The molecule has 0 bridgehead atoms. The van der Waals surface area contributed by atoms with Gasteiger partial charge >= 0.3 is 0 Å². The predicted molar refractivity (Wildman–Crippen MR) is 161 cm³/mol. The second-order valence-electron chi connectivity index (χ2n) is 14.3.